The molecule has 3 heterocycles. The highest BCUT2D eigenvalue weighted by Crippen LogP contribution is 2.33. The number of pyridine rings is 1. The SMILES string of the molecule is C=C/C=C(\C(N)=NC)c1nc2c(C)cc(-n3cccn3)nc2n1-c1ccc2c(c1)CCC2N. The maximum Gasteiger partial charge on any atom is 0.167 e. The maximum absolute atomic E-state index is 6.29. The Hall–Kier alpha value is -4.04. The molecular formula is C25H26N8. The fraction of sp³-hybridized carbons (Fsp3) is 0.200. The highest BCUT2D eigenvalue weighted by Gasteiger charge is 2.24. The fourth-order valence-corrected chi connectivity index (χ4v) is 4.42. The van der Waals surface area contributed by atoms with Gasteiger partial charge in [-0.25, -0.2) is 14.6 Å². The minimum Gasteiger partial charge on any atom is -0.383 e. The van der Waals surface area contributed by atoms with Crippen molar-refractivity contribution in [2.45, 2.75) is 25.8 Å². The standard InChI is InChI=1S/C25H26N8/c1-4-6-19(23(27)28-3)24-31-22-15(2)13-21(32-12-5-11-29-32)30-25(22)33(24)17-8-9-18-16(14-17)7-10-20(18)26/h4-6,8-9,11-14,20H,1,7,10,26H2,2-3H3,(H2,27,28)/b19-6+. The van der Waals surface area contributed by atoms with Crippen molar-refractivity contribution in [2.75, 3.05) is 7.05 Å². The first-order valence-electron chi connectivity index (χ1n) is 10.9. The van der Waals surface area contributed by atoms with Crippen LogP contribution in [0.5, 0.6) is 0 Å². The molecule has 8 heteroatoms. The van der Waals surface area contributed by atoms with Crippen LogP contribution in [0.15, 0.2) is 66.4 Å². The Bertz CT molecular complexity index is 1420. The molecule has 4 N–H and O–H groups in total. The third-order valence-electron chi connectivity index (χ3n) is 6.08. The molecule has 0 amide bonds. The Balaban J connectivity index is 1.84. The minimum absolute atomic E-state index is 0.0823. The molecular weight excluding hydrogens is 412 g/mol. The molecule has 1 atom stereocenters. The van der Waals surface area contributed by atoms with E-state index in [4.69, 9.17) is 21.4 Å². The lowest BCUT2D eigenvalue weighted by Gasteiger charge is -2.14. The monoisotopic (exact) mass is 438 g/mol. The van der Waals surface area contributed by atoms with Gasteiger partial charge in [-0.05, 0) is 66.8 Å². The summed E-state index contributed by atoms with van der Waals surface area (Å²) in [6.07, 6.45) is 9.02. The molecule has 1 unspecified atom stereocenters. The predicted octanol–water partition coefficient (Wildman–Crippen LogP) is 3.42. The summed E-state index contributed by atoms with van der Waals surface area (Å²) >= 11 is 0. The van der Waals surface area contributed by atoms with E-state index in [1.165, 1.54) is 11.1 Å². The van der Waals surface area contributed by atoms with Crippen LogP contribution in [-0.4, -0.2) is 37.2 Å². The Morgan fingerprint density at radius 1 is 1.27 bits per heavy atom. The summed E-state index contributed by atoms with van der Waals surface area (Å²) < 4.78 is 3.78. The van der Waals surface area contributed by atoms with Crippen molar-refractivity contribution in [1.29, 1.82) is 0 Å². The van der Waals surface area contributed by atoms with Gasteiger partial charge >= 0.3 is 0 Å². The number of aryl methyl sites for hydroxylation is 2. The molecule has 0 spiro atoms. The Kier molecular flexibility index (Phi) is 5.14. The van der Waals surface area contributed by atoms with E-state index in [1.807, 2.05) is 35.9 Å². The number of aliphatic imine (C=N–C) groups is 1. The van der Waals surface area contributed by atoms with E-state index in [0.717, 1.165) is 35.3 Å². The lowest BCUT2D eigenvalue weighted by molar-refractivity contribution is 0.713. The zero-order valence-electron chi connectivity index (χ0n) is 18.7. The number of nitrogens with two attached hydrogens (primary N) is 2. The number of benzene rings is 1. The van der Waals surface area contributed by atoms with Gasteiger partial charge in [0.25, 0.3) is 0 Å². The van der Waals surface area contributed by atoms with Crippen molar-refractivity contribution in [1.82, 2.24) is 24.3 Å². The molecule has 1 aliphatic rings. The van der Waals surface area contributed by atoms with E-state index in [0.29, 0.717) is 23.1 Å². The highest BCUT2D eigenvalue weighted by molar-refractivity contribution is 6.21. The van der Waals surface area contributed by atoms with Crippen molar-refractivity contribution in [3.63, 3.8) is 0 Å². The number of nitrogens with zero attached hydrogens (tertiary/aromatic N) is 6. The molecule has 3 aromatic heterocycles. The average molecular weight is 439 g/mol. The van der Waals surface area contributed by atoms with Gasteiger partial charge in [-0.3, -0.25) is 9.56 Å². The lowest BCUT2D eigenvalue weighted by atomic mass is 10.1. The second-order valence-corrected chi connectivity index (χ2v) is 8.14. The van der Waals surface area contributed by atoms with Gasteiger partial charge in [0.2, 0.25) is 0 Å². The normalized spacial score (nSPS) is 16.4. The summed E-state index contributed by atoms with van der Waals surface area (Å²) in [6.45, 7) is 5.88. The van der Waals surface area contributed by atoms with Crippen LogP contribution in [0.1, 0.15) is 35.0 Å². The molecule has 0 bridgehead atoms. The van der Waals surface area contributed by atoms with Crippen LogP contribution in [0.25, 0.3) is 28.2 Å². The smallest absolute Gasteiger partial charge is 0.167 e. The molecule has 4 aromatic rings. The van der Waals surface area contributed by atoms with E-state index in [1.54, 1.807) is 24.0 Å². The van der Waals surface area contributed by atoms with Crippen LogP contribution in [0.2, 0.25) is 0 Å². The van der Waals surface area contributed by atoms with Crippen LogP contribution < -0.4 is 11.5 Å². The number of amidine groups is 1. The molecule has 33 heavy (non-hydrogen) atoms. The van der Waals surface area contributed by atoms with Gasteiger partial charge in [0, 0.05) is 31.2 Å². The summed E-state index contributed by atoms with van der Waals surface area (Å²) in [5.41, 5.74) is 19.1. The van der Waals surface area contributed by atoms with Crippen LogP contribution in [0.4, 0.5) is 0 Å². The molecule has 0 aliphatic heterocycles. The largest absolute Gasteiger partial charge is 0.383 e. The summed E-state index contributed by atoms with van der Waals surface area (Å²) in [5.74, 6) is 1.75. The second-order valence-electron chi connectivity index (χ2n) is 8.14. The number of hydrogen-bond donors (Lipinski definition) is 2. The molecule has 5 rings (SSSR count). The predicted molar refractivity (Wildman–Crippen MR) is 132 cm³/mol. The zero-order valence-corrected chi connectivity index (χ0v) is 18.7. The maximum atomic E-state index is 6.29. The number of fused-ring (bicyclic) bond motifs is 2. The lowest BCUT2D eigenvalue weighted by Crippen LogP contribution is -2.17. The van der Waals surface area contributed by atoms with E-state index >= 15 is 0 Å². The van der Waals surface area contributed by atoms with Crippen LogP contribution in [0, 0.1) is 6.92 Å². The highest BCUT2D eigenvalue weighted by atomic mass is 15.3. The molecule has 8 nitrogen and oxygen atoms in total. The van der Waals surface area contributed by atoms with Crippen LogP contribution >= 0.6 is 0 Å². The van der Waals surface area contributed by atoms with Gasteiger partial charge in [-0.15, -0.1) is 0 Å². The molecule has 166 valence electrons. The first-order chi connectivity index (χ1) is 16.0. The minimum atomic E-state index is 0.0823. The van der Waals surface area contributed by atoms with Gasteiger partial charge < -0.3 is 11.5 Å². The molecule has 0 fully saturated rings. The van der Waals surface area contributed by atoms with Crippen molar-refractivity contribution in [3.8, 4) is 11.5 Å². The fourth-order valence-electron chi connectivity index (χ4n) is 4.42. The van der Waals surface area contributed by atoms with Crippen LogP contribution in [0.3, 0.4) is 0 Å². The Morgan fingerprint density at radius 2 is 2.12 bits per heavy atom. The van der Waals surface area contributed by atoms with Gasteiger partial charge in [0.05, 0.1) is 5.57 Å². The molecule has 0 radical (unpaired) electrons. The number of allylic oxidation sites excluding steroid dienone is 2. The van der Waals surface area contributed by atoms with Gasteiger partial charge in [-0.1, -0.05) is 18.7 Å². The Labute approximate surface area is 192 Å². The topological polar surface area (TPSA) is 113 Å². The first kappa shape index (κ1) is 20.8. The van der Waals surface area contributed by atoms with E-state index < -0.39 is 0 Å². The summed E-state index contributed by atoms with van der Waals surface area (Å²) in [5, 5.41) is 4.35. The van der Waals surface area contributed by atoms with E-state index in [-0.39, 0.29) is 6.04 Å². The van der Waals surface area contributed by atoms with Crippen molar-refractivity contribution < 1.29 is 0 Å². The summed E-state index contributed by atoms with van der Waals surface area (Å²) in [4.78, 5) is 14.1. The van der Waals surface area contributed by atoms with E-state index in [9.17, 15) is 0 Å². The van der Waals surface area contributed by atoms with Gasteiger partial charge in [0.15, 0.2) is 17.3 Å². The van der Waals surface area contributed by atoms with Crippen LogP contribution in [-0.2, 0) is 6.42 Å². The Morgan fingerprint density at radius 3 is 2.85 bits per heavy atom. The summed E-state index contributed by atoms with van der Waals surface area (Å²) in [7, 11) is 1.66. The molecule has 1 aliphatic carbocycles. The molecule has 0 saturated carbocycles. The number of aromatic nitrogens is 5. The van der Waals surface area contributed by atoms with Gasteiger partial charge in [0.1, 0.15) is 11.4 Å². The zero-order chi connectivity index (χ0) is 23.1. The van der Waals surface area contributed by atoms with Gasteiger partial charge in [-0.2, -0.15) is 5.10 Å². The average Bonchev–Trinajstić information content (AvgIpc) is 3.56. The second kappa shape index (κ2) is 8.14. The van der Waals surface area contributed by atoms with Crippen molar-refractivity contribution in [3.05, 3.63) is 84.0 Å². The number of imidazole rings is 1. The van der Waals surface area contributed by atoms with E-state index in [2.05, 4.69) is 34.9 Å². The third kappa shape index (κ3) is 3.44. The third-order valence-corrected chi connectivity index (χ3v) is 6.08. The molecule has 0 saturated heterocycles. The summed E-state index contributed by atoms with van der Waals surface area (Å²) in [6, 6.07) is 10.3. The van der Waals surface area contributed by atoms with Crippen molar-refractivity contribution >= 4 is 22.6 Å². The quantitative estimate of drug-likeness (QED) is 0.282. The van der Waals surface area contributed by atoms with Crippen molar-refractivity contribution in [2.24, 2.45) is 16.5 Å². The first-order valence-corrected chi connectivity index (χ1v) is 10.9. The number of hydrogen-bond acceptors (Lipinski definition) is 5. The molecule has 1 aromatic carbocycles. The number of rotatable bonds is 5.